The third-order valence-electron chi connectivity index (χ3n) is 6.26. The molecule has 3 heterocycles. The van der Waals surface area contributed by atoms with Gasteiger partial charge in [-0.05, 0) is 42.3 Å². The normalized spacial score (nSPS) is 14.6. The summed E-state index contributed by atoms with van der Waals surface area (Å²) in [6.07, 6.45) is 6.49. The number of anilines is 1. The van der Waals surface area contributed by atoms with Crippen molar-refractivity contribution in [2.45, 2.75) is 30.8 Å². The zero-order chi connectivity index (χ0) is 26.0. The minimum atomic E-state index is -3.22. The molecule has 4 aromatic rings. The summed E-state index contributed by atoms with van der Waals surface area (Å²) in [7, 11) is -3.22. The Hall–Kier alpha value is -3.50. The molecule has 0 N–H and O–H groups in total. The van der Waals surface area contributed by atoms with Crippen LogP contribution in [0.3, 0.4) is 0 Å². The Morgan fingerprint density at radius 3 is 2.41 bits per heavy atom. The standard InChI is InChI=1S/C27H28N4O4S2/c1-4-34-18(2)21-16-28-26(29-17-21)31-13-11-22(12-14-31)35-27-30-24-10-7-20(15-25(24)36-27)19-5-8-23(9-6-19)37(3,32)33/h5-10,15-17,22H,2,4,11-14H2,1,3H3. The SMILES string of the molecule is C=C(OCC)c1cnc(N2CCC(Oc3nc4ccc(-c5ccc(S(C)(=O)=O)cc5)cc4s3)CC2)nc1. The second-order valence-corrected chi connectivity index (χ2v) is 11.9. The van der Waals surface area contributed by atoms with Crippen LogP contribution < -0.4 is 9.64 Å². The molecule has 0 spiro atoms. The average Bonchev–Trinajstić information content (AvgIpc) is 3.30. The molecule has 1 saturated heterocycles. The molecule has 2 aromatic heterocycles. The van der Waals surface area contributed by atoms with Gasteiger partial charge in [-0.2, -0.15) is 0 Å². The van der Waals surface area contributed by atoms with Gasteiger partial charge in [0.05, 0.1) is 27.3 Å². The average molecular weight is 537 g/mol. The topological polar surface area (TPSA) is 94.5 Å². The van der Waals surface area contributed by atoms with Crippen LogP contribution in [0.25, 0.3) is 27.1 Å². The summed E-state index contributed by atoms with van der Waals surface area (Å²) in [4.78, 5) is 16.1. The van der Waals surface area contributed by atoms with Gasteiger partial charge in [-0.1, -0.05) is 36.1 Å². The van der Waals surface area contributed by atoms with Crippen molar-refractivity contribution in [3.05, 3.63) is 67.0 Å². The highest BCUT2D eigenvalue weighted by molar-refractivity contribution is 7.90. The first-order chi connectivity index (χ1) is 17.8. The fraction of sp³-hybridized carbons (Fsp3) is 0.296. The van der Waals surface area contributed by atoms with Gasteiger partial charge in [-0.3, -0.25) is 0 Å². The highest BCUT2D eigenvalue weighted by Gasteiger charge is 2.23. The molecule has 5 rings (SSSR count). The van der Waals surface area contributed by atoms with Crippen LogP contribution in [-0.2, 0) is 14.6 Å². The molecule has 192 valence electrons. The lowest BCUT2D eigenvalue weighted by atomic mass is 10.1. The lowest BCUT2D eigenvalue weighted by molar-refractivity contribution is 0.170. The van der Waals surface area contributed by atoms with Gasteiger partial charge in [0.2, 0.25) is 5.95 Å². The first kappa shape index (κ1) is 25.2. The predicted octanol–water partition coefficient (Wildman–Crippen LogP) is 5.21. The van der Waals surface area contributed by atoms with E-state index in [1.165, 1.54) is 17.6 Å². The number of aromatic nitrogens is 3. The molecule has 0 bridgehead atoms. The first-order valence-electron chi connectivity index (χ1n) is 12.1. The minimum Gasteiger partial charge on any atom is -0.494 e. The van der Waals surface area contributed by atoms with Crippen LogP contribution in [-0.4, -0.2) is 55.4 Å². The molecule has 37 heavy (non-hydrogen) atoms. The van der Waals surface area contributed by atoms with Crippen molar-refractivity contribution in [1.29, 1.82) is 0 Å². The molecule has 0 atom stereocenters. The van der Waals surface area contributed by atoms with E-state index >= 15 is 0 Å². The smallest absolute Gasteiger partial charge is 0.274 e. The molecule has 2 aromatic carbocycles. The van der Waals surface area contributed by atoms with Crippen molar-refractivity contribution < 1.29 is 17.9 Å². The molecule has 1 fully saturated rings. The van der Waals surface area contributed by atoms with Gasteiger partial charge in [-0.15, -0.1) is 0 Å². The Labute approximate surface area is 220 Å². The number of fused-ring (bicyclic) bond motifs is 1. The molecule has 8 nitrogen and oxygen atoms in total. The fourth-order valence-electron chi connectivity index (χ4n) is 4.23. The van der Waals surface area contributed by atoms with Crippen LogP contribution in [0, 0.1) is 0 Å². The summed E-state index contributed by atoms with van der Waals surface area (Å²) in [6.45, 7) is 7.98. The van der Waals surface area contributed by atoms with Gasteiger partial charge >= 0.3 is 0 Å². The van der Waals surface area contributed by atoms with E-state index in [1.807, 2.05) is 31.2 Å². The molecule has 0 saturated carbocycles. The Balaban J connectivity index is 1.21. The number of hydrogen-bond acceptors (Lipinski definition) is 9. The van der Waals surface area contributed by atoms with Crippen LogP contribution in [0.15, 0.2) is 66.3 Å². The third kappa shape index (κ3) is 5.75. The number of nitrogens with zero attached hydrogens (tertiary/aromatic N) is 4. The number of rotatable bonds is 8. The van der Waals surface area contributed by atoms with Crippen molar-refractivity contribution >= 4 is 43.1 Å². The summed E-state index contributed by atoms with van der Waals surface area (Å²) < 4.78 is 36.2. The second-order valence-electron chi connectivity index (χ2n) is 8.89. The Morgan fingerprint density at radius 2 is 1.76 bits per heavy atom. The number of thiazole rings is 1. The van der Waals surface area contributed by atoms with Crippen molar-refractivity contribution in [3.8, 4) is 16.3 Å². The number of hydrogen-bond donors (Lipinski definition) is 0. The molecular weight excluding hydrogens is 508 g/mol. The summed E-state index contributed by atoms with van der Waals surface area (Å²) in [6, 6.07) is 13.0. The van der Waals surface area contributed by atoms with Crippen LogP contribution in [0.5, 0.6) is 5.19 Å². The summed E-state index contributed by atoms with van der Waals surface area (Å²) in [5, 5.41) is 0.660. The van der Waals surface area contributed by atoms with E-state index < -0.39 is 9.84 Å². The van der Waals surface area contributed by atoms with Crippen LogP contribution in [0.1, 0.15) is 25.3 Å². The van der Waals surface area contributed by atoms with E-state index in [2.05, 4.69) is 32.5 Å². The summed E-state index contributed by atoms with van der Waals surface area (Å²) >= 11 is 1.52. The van der Waals surface area contributed by atoms with E-state index in [0.717, 1.165) is 52.8 Å². The molecule has 0 amide bonds. The molecule has 1 aliphatic rings. The quantitative estimate of drug-likeness (QED) is 0.283. The van der Waals surface area contributed by atoms with Crippen molar-refractivity contribution in [2.24, 2.45) is 0 Å². The zero-order valence-electron chi connectivity index (χ0n) is 20.8. The maximum atomic E-state index is 11.7. The maximum absolute atomic E-state index is 11.7. The highest BCUT2D eigenvalue weighted by Crippen LogP contribution is 2.33. The van der Waals surface area contributed by atoms with E-state index in [9.17, 15) is 8.42 Å². The van der Waals surface area contributed by atoms with Gasteiger partial charge in [0.25, 0.3) is 5.19 Å². The van der Waals surface area contributed by atoms with E-state index in [-0.39, 0.29) is 6.10 Å². The fourth-order valence-corrected chi connectivity index (χ4v) is 5.78. The lowest BCUT2D eigenvalue weighted by Gasteiger charge is -2.31. The monoisotopic (exact) mass is 536 g/mol. The second kappa shape index (κ2) is 10.5. The zero-order valence-corrected chi connectivity index (χ0v) is 22.4. The first-order valence-corrected chi connectivity index (χ1v) is 14.8. The molecular formula is C27H28N4O4S2. The molecule has 0 aliphatic carbocycles. The van der Waals surface area contributed by atoms with Crippen molar-refractivity contribution in [3.63, 3.8) is 0 Å². The molecule has 0 unspecified atom stereocenters. The Morgan fingerprint density at radius 1 is 1.08 bits per heavy atom. The molecule has 1 aliphatic heterocycles. The Bertz CT molecular complexity index is 1510. The number of piperidine rings is 1. The predicted molar refractivity (Wildman–Crippen MR) is 147 cm³/mol. The third-order valence-corrected chi connectivity index (χ3v) is 8.29. The molecule has 0 radical (unpaired) electrons. The number of ether oxygens (including phenoxy) is 2. The van der Waals surface area contributed by atoms with E-state index in [1.54, 1.807) is 24.5 Å². The van der Waals surface area contributed by atoms with Crippen molar-refractivity contribution in [1.82, 2.24) is 15.0 Å². The van der Waals surface area contributed by atoms with Crippen molar-refractivity contribution in [2.75, 3.05) is 30.9 Å². The van der Waals surface area contributed by atoms with E-state index in [0.29, 0.717) is 28.4 Å². The van der Waals surface area contributed by atoms with Crippen LogP contribution in [0.4, 0.5) is 5.95 Å². The van der Waals surface area contributed by atoms with Gasteiger partial charge in [0, 0.05) is 44.6 Å². The maximum Gasteiger partial charge on any atom is 0.274 e. The Kier molecular flexibility index (Phi) is 7.12. The largest absolute Gasteiger partial charge is 0.494 e. The van der Waals surface area contributed by atoms with Crippen LogP contribution in [0.2, 0.25) is 0 Å². The van der Waals surface area contributed by atoms with Gasteiger partial charge in [0.1, 0.15) is 11.9 Å². The highest BCUT2D eigenvalue weighted by atomic mass is 32.2. The van der Waals surface area contributed by atoms with Gasteiger partial charge in [-0.25, -0.2) is 23.4 Å². The minimum absolute atomic E-state index is 0.0804. The van der Waals surface area contributed by atoms with E-state index in [4.69, 9.17) is 9.47 Å². The lowest BCUT2D eigenvalue weighted by Crippen LogP contribution is -2.39. The van der Waals surface area contributed by atoms with Gasteiger partial charge in [0.15, 0.2) is 9.84 Å². The number of benzene rings is 2. The number of sulfone groups is 1. The molecule has 10 heteroatoms. The summed E-state index contributed by atoms with van der Waals surface area (Å²) in [5.41, 5.74) is 3.63. The van der Waals surface area contributed by atoms with Crippen LogP contribution >= 0.6 is 11.3 Å². The summed E-state index contributed by atoms with van der Waals surface area (Å²) in [5.74, 6) is 1.28. The van der Waals surface area contributed by atoms with Gasteiger partial charge < -0.3 is 14.4 Å².